The van der Waals surface area contributed by atoms with E-state index in [0.717, 1.165) is 10.0 Å². The smallest absolute Gasteiger partial charge is 0.160 e. The van der Waals surface area contributed by atoms with Crippen molar-refractivity contribution in [2.24, 2.45) is 0 Å². The van der Waals surface area contributed by atoms with E-state index in [4.69, 9.17) is 4.74 Å². The SMILES string of the molecule is COc1ccc(CNC(C)c2ccc(Br)cc2)cc1O. The van der Waals surface area contributed by atoms with Gasteiger partial charge in [-0.05, 0) is 42.3 Å². The number of phenols is 1. The molecule has 0 aliphatic carbocycles. The molecule has 2 aromatic carbocycles. The molecular weight excluding hydrogens is 318 g/mol. The quantitative estimate of drug-likeness (QED) is 0.867. The van der Waals surface area contributed by atoms with Gasteiger partial charge in [-0.15, -0.1) is 0 Å². The number of methoxy groups -OCH3 is 1. The molecule has 4 heteroatoms. The number of ether oxygens (including phenoxy) is 1. The van der Waals surface area contributed by atoms with Crippen LogP contribution >= 0.6 is 15.9 Å². The summed E-state index contributed by atoms with van der Waals surface area (Å²) >= 11 is 3.43. The fourth-order valence-electron chi connectivity index (χ4n) is 1.99. The van der Waals surface area contributed by atoms with Crippen LogP contribution in [0.15, 0.2) is 46.9 Å². The summed E-state index contributed by atoms with van der Waals surface area (Å²) < 4.78 is 6.11. The Bertz CT molecular complexity index is 569. The molecule has 106 valence electrons. The Labute approximate surface area is 127 Å². The van der Waals surface area contributed by atoms with Crippen LogP contribution < -0.4 is 10.1 Å². The molecule has 2 rings (SSSR count). The first-order chi connectivity index (χ1) is 9.60. The number of aromatic hydroxyl groups is 1. The fourth-order valence-corrected chi connectivity index (χ4v) is 2.25. The van der Waals surface area contributed by atoms with Crippen molar-refractivity contribution in [3.05, 3.63) is 58.1 Å². The molecule has 0 saturated heterocycles. The lowest BCUT2D eigenvalue weighted by atomic mass is 10.1. The first-order valence-electron chi connectivity index (χ1n) is 6.45. The summed E-state index contributed by atoms with van der Waals surface area (Å²) in [6.45, 7) is 2.81. The van der Waals surface area contributed by atoms with Gasteiger partial charge in [-0.2, -0.15) is 0 Å². The lowest BCUT2D eigenvalue weighted by molar-refractivity contribution is 0.373. The predicted octanol–water partition coefficient (Wildman–Crippen LogP) is 4.01. The van der Waals surface area contributed by atoms with Crippen molar-refractivity contribution < 1.29 is 9.84 Å². The van der Waals surface area contributed by atoms with Crippen LogP contribution in [0, 0.1) is 0 Å². The lowest BCUT2D eigenvalue weighted by Crippen LogP contribution is -2.17. The molecule has 0 aliphatic heterocycles. The van der Waals surface area contributed by atoms with Crippen molar-refractivity contribution in [3.8, 4) is 11.5 Å². The number of nitrogens with one attached hydrogen (secondary N) is 1. The third kappa shape index (κ3) is 3.74. The molecule has 0 amide bonds. The van der Waals surface area contributed by atoms with E-state index in [-0.39, 0.29) is 11.8 Å². The summed E-state index contributed by atoms with van der Waals surface area (Å²) in [6.07, 6.45) is 0. The second kappa shape index (κ2) is 6.77. The summed E-state index contributed by atoms with van der Waals surface area (Å²) in [4.78, 5) is 0. The van der Waals surface area contributed by atoms with Crippen molar-refractivity contribution in [3.63, 3.8) is 0 Å². The Hall–Kier alpha value is -1.52. The van der Waals surface area contributed by atoms with E-state index in [1.807, 2.05) is 18.2 Å². The number of rotatable bonds is 5. The van der Waals surface area contributed by atoms with Crippen molar-refractivity contribution >= 4 is 15.9 Å². The zero-order valence-electron chi connectivity index (χ0n) is 11.6. The van der Waals surface area contributed by atoms with Crippen LogP contribution in [-0.2, 0) is 6.54 Å². The molecule has 0 saturated carbocycles. The van der Waals surface area contributed by atoms with Crippen molar-refractivity contribution in [2.75, 3.05) is 7.11 Å². The molecule has 0 radical (unpaired) electrons. The highest BCUT2D eigenvalue weighted by atomic mass is 79.9. The van der Waals surface area contributed by atoms with Gasteiger partial charge in [-0.25, -0.2) is 0 Å². The van der Waals surface area contributed by atoms with Gasteiger partial charge in [0.05, 0.1) is 7.11 Å². The molecular formula is C16H18BrNO2. The first-order valence-corrected chi connectivity index (χ1v) is 7.24. The van der Waals surface area contributed by atoms with Crippen molar-refractivity contribution in [1.82, 2.24) is 5.32 Å². The highest BCUT2D eigenvalue weighted by Gasteiger charge is 2.06. The largest absolute Gasteiger partial charge is 0.504 e. The Morgan fingerprint density at radius 3 is 2.50 bits per heavy atom. The molecule has 3 nitrogen and oxygen atoms in total. The van der Waals surface area contributed by atoms with Crippen LogP contribution in [-0.4, -0.2) is 12.2 Å². The third-order valence-corrected chi connectivity index (χ3v) is 3.75. The maximum absolute atomic E-state index is 9.75. The van der Waals surface area contributed by atoms with E-state index in [1.54, 1.807) is 19.2 Å². The second-order valence-corrected chi connectivity index (χ2v) is 5.58. The predicted molar refractivity (Wildman–Crippen MR) is 84.1 cm³/mol. The molecule has 20 heavy (non-hydrogen) atoms. The molecule has 1 atom stereocenters. The Morgan fingerprint density at radius 2 is 1.90 bits per heavy atom. The molecule has 2 aromatic rings. The highest BCUT2D eigenvalue weighted by Crippen LogP contribution is 2.26. The monoisotopic (exact) mass is 335 g/mol. The summed E-state index contributed by atoms with van der Waals surface area (Å²) in [5.74, 6) is 0.665. The number of phenolic OH excluding ortho intramolecular Hbond substituents is 1. The molecule has 0 fully saturated rings. The minimum absolute atomic E-state index is 0.170. The topological polar surface area (TPSA) is 41.5 Å². The molecule has 0 aromatic heterocycles. The van der Waals surface area contributed by atoms with Gasteiger partial charge in [0.1, 0.15) is 0 Å². The van der Waals surface area contributed by atoms with Crippen LogP contribution in [0.25, 0.3) is 0 Å². The van der Waals surface area contributed by atoms with E-state index in [2.05, 4.69) is 40.3 Å². The third-order valence-electron chi connectivity index (χ3n) is 3.23. The van der Waals surface area contributed by atoms with Crippen LogP contribution in [0.2, 0.25) is 0 Å². The summed E-state index contributed by atoms with van der Waals surface area (Å²) in [5.41, 5.74) is 2.25. The minimum atomic E-state index is 0.170. The average molecular weight is 336 g/mol. The van der Waals surface area contributed by atoms with Gasteiger partial charge in [-0.1, -0.05) is 34.1 Å². The summed E-state index contributed by atoms with van der Waals surface area (Å²) in [7, 11) is 1.54. The molecule has 0 bridgehead atoms. The minimum Gasteiger partial charge on any atom is -0.504 e. The number of hydrogen-bond donors (Lipinski definition) is 2. The van der Waals surface area contributed by atoms with Crippen molar-refractivity contribution in [2.45, 2.75) is 19.5 Å². The second-order valence-electron chi connectivity index (χ2n) is 4.66. The number of hydrogen-bond acceptors (Lipinski definition) is 3. The first kappa shape index (κ1) is 14.9. The molecule has 0 heterocycles. The number of halogens is 1. The maximum Gasteiger partial charge on any atom is 0.160 e. The normalized spacial score (nSPS) is 12.2. The summed E-state index contributed by atoms with van der Waals surface area (Å²) in [5, 5.41) is 13.2. The summed E-state index contributed by atoms with van der Waals surface area (Å²) in [6, 6.07) is 13.9. The van der Waals surface area contributed by atoms with Gasteiger partial charge in [0.15, 0.2) is 11.5 Å². The molecule has 1 unspecified atom stereocenters. The van der Waals surface area contributed by atoms with Gasteiger partial charge >= 0.3 is 0 Å². The van der Waals surface area contributed by atoms with Crippen LogP contribution in [0.3, 0.4) is 0 Å². The van der Waals surface area contributed by atoms with E-state index in [1.165, 1.54) is 5.56 Å². The van der Waals surface area contributed by atoms with Gasteiger partial charge < -0.3 is 15.2 Å². The zero-order valence-corrected chi connectivity index (χ0v) is 13.1. The van der Waals surface area contributed by atoms with Crippen LogP contribution in [0.4, 0.5) is 0 Å². The molecule has 0 spiro atoms. The van der Waals surface area contributed by atoms with E-state index >= 15 is 0 Å². The fraction of sp³-hybridized carbons (Fsp3) is 0.250. The highest BCUT2D eigenvalue weighted by molar-refractivity contribution is 9.10. The lowest BCUT2D eigenvalue weighted by Gasteiger charge is -2.15. The maximum atomic E-state index is 9.75. The van der Waals surface area contributed by atoms with Gasteiger partial charge in [0, 0.05) is 17.1 Å². The van der Waals surface area contributed by atoms with E-state index in [0.29, 0.717) is 12.3 Å². The molecule has 0 aliphatic rings. The number of benzene rings is 2. The van der Waals surface area contributed by atoms with Gasteiger partial charge in [0.2, 0.25) is 0 Å². The Kier molecular flexibility index (Phi) is 5.04. The van der Waals surface area contributed by atoms with Gasteiger partial charge in [-0.3, -0.25) is 0 Å². The van der Waals surface area contributed by atoms with Gasteiger partial charge in [0.25, 0.3) is 0 Å². The van der Waals surface area contributed by atoms with Crippen molar-refractivity contribution in [1.29, 1.82) is 0 Å². The zero-order chi connectivity index (χ0) is 14.5. The molecule has 2 N–H and O–H groups in total. The standard InChI is InChI=1S/C16H18BrNO2/c1-11(13-4-6-14(17)7-5-13)18-10-12-3-8-16(20-2)15(19)9-12/h3-9,11,18-19H,10H2,1-2H3. The average Bonchev–Trinajstić information content (AvgIpc) is 2.45. The Morgan fingerprint density at radius 1 is 1.20 bits per heavy atom. The van der Waals surface area contributed by atoms with Crippen LogP contribution in [0.5, 0.6) is 11.5 Å². The van der Waals surface area contributed by atoms with Crippen LogP contribution in [0.1, 0.15) is 24.1 Å². The van der Waals surface area contributed by atoms with E-state index in [9.17, 15) is 5.11 Å². The van der Waals surface area contributed by atoms with E-state index < -0.39 is 0 Å². The Balaban J connectivity index is 1.97.